The summed E-state index contributed by atoms with van der Waals surface area (Å²) in [6.45, 7) is 4.79. The molecule has 2 N–H and O–H groups in total. The van der Waals surface area contributed by atoms with Crippen molar-refractivity contribution in [3.63, 3.8) is 0 Å². The average Bonchev–Trinajstić information content (AvgIpc) is 2.81. The summed E-state index contributed by atoms with van der Waals surface area (Å²) in [6.07, 6.45) is 2.84. The molecule has 6 heteroatoms. The molecular formula is C10H17N3O2S. The van der Waals surface area contributed by atoms with E-state index in [1.54, 1.807) is 12.5 Å². The minimum atomic E-state index is -0.324. The molecule has 1 aliphatic heterocycles. The quantitative estimate of drug-likeness (QED) is 0.712. The molecule has 1 aromatic rings. The lowest BCUT2D eigenvalue weighted by Crippen LogP contribution is -2.46. The maximum atomic E-state index is 9.85. The molecule has 90 valence electrons. The average molecular weight is 243 g/mol. The molecule has 2 heterocycles. The summed E-state index contributed by atoms with van der Waals surface area (Å²) in [5.41, 5.74) is 0. The van der Waals surface area contributed by atoms with E-state index in [1.807, 2.05) is 0 Å². The van der Waals surface area contributed by atoms with Crippen molar-refractivity contribution < 1.29 is 9.52 Å². The minimum absolute atomic E-state index is 0.324. The fourth-order valence-corrected chi connectivity index (χ4v) is 2.39. The second-order valence-corrected chi connectivity index (χ2v) is 4.78. The van der Waals surface area contributed by atoms with E-state index in [4.69, 9.17) is 4.42 Å². The number of piperazine rings is 1. The Labute approximate surface area is 99.2 Å². The van der Waals surface area contributed by atoms with Gasteiger partial charge in [-0.15, -0.1) is 0 Å². The first kappa shape index (κ1) is 11.9. The highest BCUT2D eigenvalue weighted by molar-refractivity contribution is 7.99. The van der Waals surface area contributed by atoms with Gasteiger partial charge in [0.25, 0.3) is 5.22 Å². The summed E-state index contributed by atoms with van der Waals surface area (Å²) < 4.78 is 5.09. The van der Waals surface area contributed by atoms with Gasteiger partial charge in [0.2, 0.25) is 0 Å². The van der Waals surface area contributed by atoms with E-state index < -0.39 is 0 Å². The van der Waals surface area contributed by atoms with E-state index in [9.17, 15) is 5.11 Å². The largest absolute Gasteiger partial charge is 0.440 e. The number of aliphatic hydroxyl groups excluding tert-OH is 1. The van der Waals surface area contributed by atoms with E-state index in [1.165, 1.54) is 11.8 Å². The van der Waals surface area contributed by atoms with Crippen molar-refractivity contribution in [3.05, 3.63) is 12.5 Å². The zero-order valence-corrected chi connectivity index (χ0v) is 9.95. The fourth-order valence-electron chi connectivity index (χ4n) is 1.69. The van der Waals surface area contributed by atoms with Crippen LogP contribution in [0.2, 0.25) is 0 Å². The second kappa shape index (κ2) is 6.24. The molecule has 16 heavy (non-hydrogen) atoms. The first-order valence-electron chi connectivity index (χ1n) is 5.48. The number of β-amino-alcohol motifs (C(OH)–C–C–N with tert-alkyl or cyclic N) is 1. The third kappa shape index (κ3) is 3.79. The van der Waals surface area contributed by atoms with Crippen LogP contribution in [0.3, 0.4) is 0 Å². The van der Waals surface area contributed by atoms with E-state index in [0.29, 0.717) is 11.0 Å². The van der Waals surface area contributed by atoms with Crippen molar-refractivity contribution in [1.82, 2.24) is 15.2 Å². The molecule has 0 amide bonds. The van der Waals surface area contributed by atoms with E-state index in [0.717, 1.165) is 32.7 Å². The molecule has 0 saturated carbocycles. The molecule has 1 aliphatic rings. The minimum Gasteiger partial charge on any atom is -0.440 e. The number of nitrogens with zero attached hydrogens (tertiary/aromatic N) is 2. The van der Waals surface area contributed by atoms with Crippen LogP contribution in [0.1, 0.15) is 0 Å². The summed E-state index contributed by atoms with van der Waals surface area (Å²) in [4.78, 5) is 6.27. The molecule has 1 unspecified atom stereocenters. The van der Waals surface area contributed by atoms with Gasteiger partial charge in [0.15, 0.2) is 0 Å². The molecular weight excluding hydrogens is 226 g/mol. The molecule has 0 radical (unpaired) electrons. The lowest BCUT2D eigenvalue weighted by atomic mass is 10.3. The zero-order valence-electron chi connectivity index (χ0n) is 9.13. The predicted molar refractivity (Wildman–Crippen MR) is 62.5 cm³/mol. The SMILES string of the molecule is OC(CSc1ncco1)CN1CCNCC1. The van der Waals surface area contributed by atoms with Gasteiger partial charge in [-0.25, -0.2) is 4.98 Å². The Morgan fingerprint density at radius 1 is 1.56 bits per heavy atom. The molecule has 0 bridgehead atoms. The number of aliphatic hydroxyl groups is 1. The van der Waals surface area contributed by atoms with Crippen LogP contribution < -0.4 is 5.32 Å². The highest BCUT2D eigenvalue weighted by Gasteiger charge is 2.14. The number of oxazole rings is 1. The van der Waals surface area contributed by atoms with Crippen LogP contribution >= 0.6 is 11.8 Å². The lowest BCUT2D eigenvalue weighted by Gasteiger charge is -2.28. The summed E-state index contributed by atoms with van der Waals surface area (Å²) >= 11 is 1.45. The third-order valence-electron chi connectivity index (χ3n) is 2.49. The Kier molecular flexibility index (Phi) is 4.65. The van der Waals surface area contributed by atoms with E-state index in [2.05, 4.69) is 15.2 Å². The number of nitrogens with one attached hydrogen (secondary N) is 1. The Balaban J connectivity index is 1.65. The number of thioether (sulfide) groups is 1. The van der Waals surface area contributed by atoms with Gasteiger partial charge in [-0.05, 0) is 0 Å². The van der Waals surface area contributed by atoms with Crippen molar-refractivity contribution in [2.45, 2.75) is 11.3 Å². The lowest BCUT2D eigenvalue weighted by molar-refractivity contribution is 0.121. The van der Waals surface area contributed by atoms with Gasteiger partial charge in [0.1, 0.15) is 6.26 Å². The van der Waals surface area contributed by atoms with Crippen molar-refractivity contribution in [2.24, 2.45) is 0 Å². The number of hydrogen-bond acceptors (Lipinski definition) is 6. The zero-order chi connectivity index (χ0) is 11.2. The van der Waals surface area contributed by atoms with Crippen LogP contribution in [-0.4, -0.2) is 59.6 Å². The van der Waals surface area contributed by atoms with Crippen molar-refractivity contribution in [1.29, 1.82) is 0 Å². The van der Waals surface area contributed by atoms with Gasteiger partial charge in [-0.2, -0.15) is 0 Å². The molecule has 5 nitrogen and oxygen atoms in total. The molecule has 1 aromatic heterocycles. The maximum absolute atomic E-state index is 9.85. The van der Waals surface area contributed by atoms with Crippen molar-refractivity contribution >= 4 is 11.8 Å². The molecule has 1 atom stereocenters. The first-order chi connectivity index (χ1) is 7.84. The maximum Gasteiger partial charge on any atom is 0.255 e. The van der Waals surface area contributed by atoms with Gasteiger partial charge in [-0.1, -0.05) is 11.8 Å². The molecule has 1 saturated heterocycles. The van der Waals surface area contributed by atoms with Crippen LogP contribution in [0.15, 0.2) is 22.1 Å². The Morgan fingerprint density at radius 2 is 2.38 bits per heavy atom. The van der Waals surface area contributed by atoms with E-state index in [-0.39, 0.29) is 6.10 Å². The number of aromatic nitrogens is 1. The predicted octanol–water partition coefficient (Wildman–Crippen LogP) is 0.0328. The van der Waals surface area contributed by atoms with Crippen LogP contribution in [0, 0.1) is 0 Å². The Bertz CT molecular complexity index is 288. The van der Waals surface area contributed by atoms with Gasteiger partial charge < -0.3 is 14.8 Å². The topological polar surface area (TPSA) is 61.5 Å². The number of rotatable bonds is 5. The summed E-state index contributed by atoms with van der Waals surface area (Å²) in [5, 5.41) is 13.8. The first-order valence-corrected chi connectivity index (χ1v) is 6.46. The third-order valence-corrected chi connectivity index (χ3v) is 3.49. The van der Waals surface area contributed by atoms with Crippen LogP contribution in [0.5, 0.6) is 0 Å². The van der Waals surface area contributed by atoms with Gasteiger partial charge in [-0.3, -0.25) is 4.90 Å². The standard InChI is InChI=1S/C10H17N3O2S/c14-9(7-13-4-1-11-2-5-13)8-16-10-12-3-6-15-10/h3,6,9,11,14H,1-2,4-5,7-8H2. The monoisotopic (exact) mass is 243 g/mol. The Hall–Kier alpha value is -0.560. The van der Waals surface area contributed by atoms with Crippen LogP contribution in [0.4, 0.5) is 0 Å². The van der Waals surface area contributed by atoms with Gasteiger partial charge in [0, 0.05) is 38.5 Å². The smallest absolute Gasteiger partial charge is 0.255 e. The number of hydrogen-bond donors (Lipinski definition) is 2. The molecule has 0 spiro atoms. The van der Waals surface area contributed by atoms with Crippen LogP contribution in [-0.2, 0) is 0 Å². The fraction of sp³-hybridized carbons (Fsp3) is 0.700. The highest BCUT2D eigenvalue weighted by Crippen LogP contribution is 2.16. The second-order valence-electron chi connectivity index (χ2n) is 3.81. The van der Waals surface area contributed by atoms with Crippen LogP contribution in [0.25, 0.3) is 0 Å². The van der Waals surface area contributed by atoms with Crippen molar-refractivity contribution in [2.75, 3.05) is 38.5 Å². The molecule has 0 aliphatic carbocycles. The normalized spacial score (nSPS) is 19.8. The summed E-state index contributed by atoms with van der Waals surface area (Å²) in [7, 11) is 0. The summed E-state index contributed by atoms with van der Waals surface area (Å²) in [5.74, 6) is 0.629. The van der Waals surface area contributed by atoms with Gasteiger partial charge >= 0.3 is 0 Å². The highest BCUT2D eigenvalue weighted by atomic mass is 32.2. The van der Waals surface area contributed by atoms with E-state index >= 15 is 0 Å². The molecule has 0 aromatic carbocycles. The molecule has 2 rings (SSSR count). The molecule has 1 fully saturated rings. The van der Waals surface area contributed by atoms with Crippen molar-refractivity contribution in [3.8, 4) is 0 Å². The van der Waals surface area contributed by atoms with Gasteiger partial charge in [0.05, 0.1) is 12.3 Å². The summed E-state index contributed by atoms with van der Waals surface area (Å²) in [6, 6.07) is 0. The Morgan fingerprint density at radius 3 is 3.06 bits per heavy atom.